The highest BCUT2D eigenvalue weighted by molar-refractivity contribution is 6.74. The zero-order valence-corrected chi connectivity index (χ0v) is 19.1. The minimum atomic E-state index is -2.51. The molecule has 6 nitrogen and oxygen atoms in total. The van der Waals surface area contributed by atoms with Crippen LogP contribution in [0.1, 0.15) is 47.0 Å². The molecule has 0 spiro atoms. The van der Waals surface area contributed by atoms with Gasteiger partial charge in [0.05, 0.1) is 6.54 Å². The Morgan fingerprint density at radius 3 is 2.04 bits per heavy atom. The van der Waals surface area contributed by atoms with Gasteiger partial charge in [-0.3, -0.25) is 4.79 Å². The molecule has 0 unspecified atom stereocenters. The fraction of sp³-hybridized carbons (Fsp3) is 0.941. The number of hydrogen-bond donors (Lipinski definition) is 1. The molecule has 0 aromatic heterocycles. The summed E-state index contributed by atoms with van der Waals surface area (Å²) in [4.78, 5) is 12.0. The summed E-state index contributed by atoms with van der Waals surface area (Å²) < 4.78 is 22.7. The van der Waals surface area contributed by atoms with Crippen LogP contribution in [0.2, 0.25) is 24.2 Å². The van der Waals surface area contributed by atoms with Crippen LogP contribution in [0.3, 0.4) is 0 Å². The summed E-state index contributed by atoms with van der Waals surface area (Å²) in [7, 11) is -1.03. The molecule has 0 aliphatic rings. The summed E-state index contributed by atoms with van der Waals surface area (Å²) in [5, 5.41) is 3.19. The standard InChI is InChI=1S/C17H39NO5Si2/c1-7-14-22-25(20-5,21-6)15-12-11-13-18-16-17(19)23-24(8-2,9-3)10-4/h18H,7-16H2,1-6H3. The molecular weight excluding hydrogens is 354 g/mol. The maximum atomic E-state index is 12.0. The van der Waals surface area contributed by atoms with Gasteiger partial charge in [-0.1, -0.05) is 27.7 Å². The second-order valence-electron chi connectivity index (χ2n) is 6.29. The Bertz CT molecular complexity index is 342. The number of hydrogen-bond acceptors (Lipinski definition) is 6. The summed E-state index contributed by atoms with van der Waals surface area (Å²) in [6.07, 6.45) is 2.84. The summed E-state index contributed by atoms with van der Waals surface area (Å²) in [6.45, 7) is 10.2. The zero-order chi connectivity index (χ0) is 19.2. The molecule has 0 saturated heterocycles. The van der Waals surface area contributed by atoms with Crippen LogP contribution in [0.4, 0.5) is 0 Å². The van der Waals surface area contributed by atoms with Crippen molar-refractivity contribution in [1.29, 1.82) is 0 Å². The van der Waals surface area contributed by atoms with Crippen molar-refractivity contribution in [2.45, 2.75) is 71.1 Å². The Morgan fingerprint density at radius 1 is 0.960 bits per heavy atom. The van der Waals surface area contributed by atoms with Crippen molar-refractivity contribution in [3.63, 3.8) is 0 Å². The molecule has 0 heterocycles. The van der Waals surface area contributed by atoms with Crippen LogP contribution < -0.4 is 5.32 Å². The number of nitrogens with one attached hydrogen (secondary N) is 1. The monoisotopic (exact) mass is 393 g/mol. The molecule has 8 heteroatoms. The minimum Gasteiger partial charge on any atom is -0.518 e. The van der Waals surface area contributed by atoms with Crippen molar-refractivity contribution < 1.29 is 22.5 Å². The fourth-order valence-electron chi connectivity index (χ4n) is 2.76. The molecule has 25 heavy (non-hydrogen) atoms. The maximum absolute atomic E-state index is 12.0. The highest BCUT2D eigenvalue weighted by Gasteiger charge is 2.38. The Balaban J connectivity index is 4.03. The smallest absolute Gasteiger partial charge is 0.500 e. The van der Waals surface area contributed by atoms with E-state index in [2.05, 4.69) is 33.0 Å². The van der Waals surface area contributed by atoms with Crippen LogP contribution >= 0.6 is 0 Å². The number of unbranched alkanes of at least 4 members (excludes halogenated alkanes) is 1. The van der Waals surface area contributed by atoms with Crippen molar-refractivity contribution >= 4 is 23.1 Å². The van der Waals surface area contributed by atoms with Gasteiger partial charge < -0.3 is 23.0 Å². The van der Waals surface area contributed by atoms with E-state index >= 15 is 0 Å². The van der Waals surface area contributed by atoms with Crippen LogP contribution in [0.25, 0.3) is 0 Å². The molecule has 0 radical (unpaired) electrons. The lowest BCUT2D eigenvalue weighted by molar-refractivity contribution is -0.134. The second kappa shape index (κ2) is 13.9. The van der Waals surface area contributed by atoms with Crippen LogP contribution in [-0.2, 0) is 22.5 Å². The van der Waals surface area contributed by atoms with E-state index in [1.807, 2.05) is 0 Å². The third-order valence-corrected chi connectivity index (χ3v) is 12.1. The number of carbonyl (C=O) groups excluding carboxylic acids is 1. The molecule has 0 fully saturated rings. The fourth-order valence-corrected chi connectivity index (χ4v) is 7.40. The normalized spacial score (nSPS) is 12.4. The van der Waals surface area contributed by atoms with Gasteiger partial charge in [-0.2, -0.15) is 0 Å². The van der Waals surface area contributed by atoms with E-state index in [9.17, 15) is 4.79 Å². The molecule has 0 atom stereocenters. The SMILES string of the molecule is CCCO[Si](CCCCNCC(=O)O[Si](CC)(CC)CC)(OC)OC. The van der Waals surface area contributed by atoms with Crippen molar-refractivity contribution in [1.82, 2.24) is 5.32 Å². The third-order valence-electron chi connectivity index (χ3n) is 4.77. The molecule has 0 aromatic carbocycles. The van der Waals surface area contributed by atoms with Gasteiger partial charge >= 0.3 is 14.8 Å². The molecule has 0 rings (SSSR count). The highest BCUT2D eigenvalue weighted by atomic mass is 28.4. The zero-order valence-electron chi connectivity index (χ0n) is 17.1. The lowest BCUT2D eigenvalue weighted by Crippen LogP contribution is -2.44. The lowest BCUT2D eigenvalue weighted by Gasteiger charge is -2.27. The van der Waals surface area contributed by atoms with Crippen molar-refractivity contribution in [3.05, 3.63) is 0 Å². The van der Waals surface area contributed by atoms with Crippen LogP contribution in [-0.4, -0.2) is 57.0 Å². The van der Waals surface area contributed by atoms with Gasteiger partial charge in [-0.05, 0) is 43.9 Å². The van der Waals surface area contributed by atoms with Gasteiger partial charge in [0.25, 0.3) is 8.32 Å². The molecule has 0 aliphatic carbocycles. The van der Waals surface area contributed by atoms with Gasteiger partial charge in [0, 0.05) is 26.9 Å². The van der Waals surface area contributed by atoms with E-state index < -0.39 is 17.1 Å². The topological polar surface area (TPSA) is 66.0 Å². The predicted octanol–water partition coefficient (Wildman–Crippen LogP) is 3.56. The van der Waals surface area contributed by atoms with E-state index in [0.29, 0.717) is 6.61 Å². The van der Waals surface area contributed by atoms with E-state index in [1.54, 1.807) is 14.2 Å². The molecule has 0 saturated carbocycles. The molecule has 1 N–H and O–H groups in total. The average molecular weight is 394 g/mol. The third kappa shape index (κ3) is 9.30. The van der Waals surface area contributed by atoms with Crippen molar-refractivity contribution in [2.24, 2.45) is 0 Å². The van der Waals surface area contributed by atoms with Crippen molar-refractivity contribution in [2.75, 3.05) is 33.9 Å². The van der Waals surface area contributed by atoms with Crippen molar-refractivity contribution in [3.8, 4) is 0 Å². The quantitative estimate of drug-likeness (QED) is 0.319. The van der Waals surface area contributed by atoms with Crippen LogP contribution in [0, 0.1) is 0 Å². The van der Waals surface area contributed by atoms with Gasteiger partial charge in [-0.25, -0.2) is 0 Å². The van der Waals surface area contributed by atoms with E-state index in [0.717, 1.165) is 50.0 Å². The Labute approximate surface area is 156 Å². The molecule has 150 valence electrons. The van der Waals surface area contributed by atoms with E-state index in [1.165, 1.54) is 0 Å². The van der Waals surface area contributed by atoms with E-state index in [4.69, 9.17) is 17.7 Å². The first-order chi connectivity index (χ1) is 12.0. The maximum Gasteiger partial charge on any atom is 0.500 e. The first-order valence-corrected chi connectivity index (χ1v) is 14.1. The molecule has 0 bridgehead atoms. The molecule has 0 aromatic rings. The summed E-state index contributed by atoms with van der Waals surface area (Å²) >= 11 is 0. The highest BCUT2D eigenvalue weighted by Crippen LogP contribution is 2.21. The van der Waals surface area contributed by atoms with Gasteiger partial charge in [0.1, 0.15) is 0 Å². The first kappa shape index (κ1) is 24.7. The van der Waals surface area contributed by atoms with E-state index in [-0.39, 0.29) is 12.5 Å². The largest absolute Gasteiger partial charge is 0.518 e. The summed E-state index contributed by atoms with van der Waals surface area (Å²) in [5.41, 5.74) is 0. The second-order valence-corrected chi connectivity index (χ2v) is 14.0. The van der Waals surface area contributed by atoms with Gasteiger partial charge in [0.15, 0.2) is 0 Å². The predicted molar refractivity (Wildman–Crippen MR) is 106 cm³/mol. The van der Waals surface area contributed by atoms with Gasteiger partial charge in [-0.15, -0.1) is 0 Å². The Hall–Kier alpha value is -0.256. The van der Waals surface area contributed by atoms with Gasteiger partial charge in [0.2, 0.25) is 0 Å². The first-order valence-electron chi connectivity index (χ1n) is 9.63. The average Bonchev–Trinajstić information content (AvgIpc) is 2.65. The number of rotatable bonds is 16. The minimum absolute atomic E-state index is 0.110. The molecule has 0 amide bonds. The van der Waals surface area contributed by atoms with Crippen LogP contribution in [0.5, 0.6) is 0 Å². The Morgan fingerprint density at radius 2 is 1.56 bits per heavy atom. The Kier molecular flexibility index (Phi) is 13.7. The van der Waals surface area contributed by atoms with Crippen LogP contribution in [0.15, 0.2) is 0 Å². The molecule has 0 aliphatic heterocycles. The summed E-state index contributed by atoms with van der Waals surface area (Å²) in [5.74, 6) is -0.110. The summed E-state index contributed by atoms with van der Waals surface area (Å²) in [6, 6.07) is 3.77. The molecular formula is C17H39NO5Si2. The number of carbonyl (C=O) groups is 1. The lowest BCUT2D eigenvalue weighted by atomic mass is 10.3.